The molecular weight excluding hydrogens is 100 g/mol. The van der Waals surface area contributed by atoms with Gasteiger partial charge >= 0.3 is 0 Å². The second-order valence-electron chi connectivity index (χ2n) is 1.50. The molecule has 0 fully saturated rings. The first-order valence-corrected chi connectivity index (χ1v) is 2.74. The van der Waals surface area contributed by atoms with Crippen LogP contribution >= 0.6 is 0 Å². The minimum atomic E-state index is 0.845. The molecule has 0 spiro atoms. The van der Waals surface area contributed by atoms with Crippen LogP contribution < -0.4 is 0 Å². The van der Waals surface area contributed by atoms with Crippen molar-refractivity contribution in [3.63, 3.8) is 0 Å². The number of hydrogen-bond donors (Lipinski definition) is 0. The van der Waals surface area contributed by atoms with Gasteiger partial charge in [0.2, 0.25) is 0 Å². The molecular formula is C6H12N2. The topological polar surface area (TPSA) is 24.7 Å². The van der Waals surface area contributed by atoms with Crippen LogP contribution in [0.2, 0.25) is 0 Å². The predicted octanol–water partition coefficient (Wildman–Crippen LogP) is 1.17. The fraction of sp³-hybridized carbons (Fsp3) is 0.667. The summed E-state index contributed by atoms with van der Waals surface area (Å²) in [6, 6.07) is 0. The van der Waals surface area contributed by atoms with Crippen LogP contribution in [-0.4, -0.2) is 25.5 Å². The van der Waals surface area contributed by atoms with E-state index in [1.54, 1.807) is 13.3 Å². The molecule has 0 saturated heterocycles. The molecule has 8 heavy (non-hydrogen) atoms. The molecule has 0 aromatic rings. The molecule has 0 saturated carbocycles. The van der Waals surface area contributed by atoms with Gasteiger partial charge in [-0.15, -0.1) is 0 Å². The molecule has 0 aliphatic carbocycles. The lowest BCUT2D eigenvalue weighted by Crippen LogP contribution is -1.92. The van der Waals surface area contributed by atoms with Gasteiger partial charge in [0.1, 0.15) is 0 Å². The molecule has 0 bridgehead atoms. The molecule has 0 rings (SSSR count). The minimum Gasteiger partial charge on any atom is -0.295 e. The maximum atomic E-state index is 4.08. The van der Waals surface area contributed by atoms with Gasteiger partial charge in [-0.2, -0.15) is 0 Å². The highest BCUT2D eigenvalue weighted by atomic mass is 14.7. The summed E-state index contributed by atoms with van der Waals surface area (Å²) in [5.41, 5.74) is 0.995. The molecule has 0 aliphatic rings. The Bertz CT molecular complexity index is 103. The SMILES string of the molecule is CC/N=C(C)\C=N/C. The molecule has 0 radical (unpaired) electrons. The Morgan fingerprint density at radius 2 is 2.25 bits per heavy atom. The average molecular weight is 112 g/mol. The fourth-order valence-electron chi connectivity index (χ4n) is 0.477. The monoisotopic (exact) mass is 112 g/mol. The zero-order chi connectivity index (χ0) is 6.41. The standard InChI is InChI=1S/C6H12N2/c1-4-8-6(2)5-7-3/h5H,4H2,1-3H3/b7-5-,8-6-. The van der Waals surface area contributed by atoms with Gasteiger partial charge in [0, 0.05) is 25.5 Å². The van der Waals surface area contributed by atoms with Gasteiger partial charge in [-0.1, -0.05) is 0 Å². The minimum absolute atomic E-state index is 0.845. The van der Waals surface area contributed by atoms with E-state index in [4.69, 9.17) is 0 Å². The van der Waals surface area contributed by atoms with Crippen molar-refractivity contribution in [2.24, 2.45) is 9.98 Å². The van der Waals surface area contributed by atoms with Gasteiger partial charge in [0.25, 0.3) is 0 Å². The third kappa shape index (κ3) is 3.53. The van der Waals surface area contributed by atoms with Crippen LogP contribution in [0.1, 0.15) is 13.8 Å². The highest BCUT2D eigenvalue weighted by Crippen LogP contribution is 1.71. The summed E-state index contributed by atoms with van der Waals surface area (Å²) >= 11 is 0. The van der Waals surface area contributed by atoms with E-state index in [9.17, 15) is 0 Å². The Kier molecular flexibility index (Phi) is 4.13. The number of aliphatic imine (C=N–C) groups is 2. The third-order valence-corrected chi connectivity index (χ3v) is 0.723. The summed E-state index contributed by atoms with van der Waals surface area (Å²) in [5.74, 6) is 0. The van der Waals surface area contributed by atoms with Crippen LogP contribution in [0.4, 0.5) is 0 Å². The lowest BCUT2D eigenvalue weighted by atomic mass is 10.5. The van der Waals surface area contributed by atoms with E-state index < -0.39 is 0 Å². The quantitative estimate of drug-likeness (QED) is 0.479. The summed E-state index contributed by atoms with van der Waals surface area (Å²) in [6.07, 6.45) is 1.75. The maximum absolute atomic E-state index is 4.08. The van der Waals surface area contributed by atoms with Crippen molar-refractivity contribution in [3.05, 3.63) is 0 Å². The summed E-state index contributed by atoms with van der Waals surface area (Å²) in [5, 5.41) is 0. The average Bonchev–Trinajstić information content (AvgIpc) is 1.68. The van der Waals surface area contributed by atoms with Gasteiger partial charge in [0.05, 0.1) is 0 Å². The lowest BCUT2D eigenvalue weighted by Gasteiger charge is -1.84. The summed E-state index contributed by atoms with van der Waals surface area (Å²) in [4.78, 5) is 7.88. The molecule has 0 atom stereocenters. The van der Waals surface area contributed by atoms with Crippen LogP contribution in [0.5, 0.6) is 0 Å². The molecule has 0 unspecified atom stereocenters. The lowest BCUT2D eigenvalue weighted by molar-refractivity contribution is 1.13. The second kappa shape index (κ2) is 4.50. The van der Waals surface area contributed by atoms with Gasteiger partial charge in [-0.3, -0.25) is 9.98 Å². The summed E-state index contributed by atoms with van der Waals surface area (Å²) in [7, 11) is 1.74. The van der Waals surface area contributed by atoms with Crippen LogP contribution in [-0.2, 0) is 0 Å². The largest absolute Gasteiger partial charge is 0.295 e. The van der Waals surface area contributed by atoms with Crippen molar-refractivity contribution in [1.82, 2.24) is 0 Å². The first-order valence-electron chi connectivity index (χ1n) is 2.74. The Balaban J connectivity index is 3.61. The van der Waals surface area contributed by atoms with E-state index >= 15 is 0 Å². The van der Waals surface area contributed by atoms with Gasteiger partial charge < -0.3 is 0 Å². The molecule has 0 aromatic carbocycles. The Labute approximate surface area is 50.4 Å². The van der Waals surface area contributed by atoms with Crippen LogP contribution in [0.25, 0.3) is 0 Å². The van der Waals surface area contributed by atoms with Crippen LogP contribution in [0.15, 0.2) is 9.98 Å². The van der Waals surface area contributed by atoms with Gasteiger partial charge in [-0.25, -0.2) is 0 Å². The van der Waals surface area contributed by atoms with Crippen molar-refractivity contribution >= 4 is 11.9 Å². The highest BCUT2D eigenvalue weighted by Gasteiger charge is 1.76. The molecule has 0 amide bonds. The van der Waals surface area contributed by atoms with Crippen molar-refractivity contribution in [3.8, 4) is 0 Å². The smallest absolute Gasteiger partial charge is 0.0495 e. The van der Waals surface area contributed by atoms with Crippen LogP contribution in [0, 0.1) is 0 Å². The van der Waals surface area contributed by atoms with Gasteiger partial charge in [0.15, 0.2) is 0 Å². The van der Waals surface area contributed by atoms with E-state index in [1.165, 1.54) is 0 Å². The van der Waals surface area contributed by atoms with E-state index in [2.05, 4.69) is 9.98 Å². The highest BCUT2D eigenvalue weighted by molar-refractivity contribution is 6.29. The van der Waals surface area contributed by atoms with Crippen molar-refractivity contribution in [2.75, 3.05) is 13.6 Å². The predicted molar refractivity (Wildman–Crippen MR) is 38.1 cm³/mol. The van der Waals surface area contributed by atoms with Crippen molar-refractivity contribution in [2.45, 2.75) is 13.8 Å². The normalized spacial score (nSPS) is 13.1. The molecule has 2 heteroatoms. The fourth-order valence-corrected chi connectivity index (χ4v) is 0.477. The number of rotatable bonds is 2. The maximum Gasteiger partial charge on any atom is 0.0495 e. The molecule has 2 nitrogen and oxygen atoms in total. The van der Waals surface area contributed by atoms with Crippen molar-refractivity contribution in [1.29, 1.82) is 0 Å². The molecule has 0 N–H and O–H groups in total. The van der Waals surface area contributed by atoms with Gasteiger partial charge in [-0.05, 0) is 13.8 Å². The summed E-state index contributed by atoms with van der Waals surface area (Å²) < 4.78 is 0. The Hall–Kier alpha value is -0.660. The Morgan fingerprint density at radius 1 is 1.62 bits per heavy atom. The zero-order valence-electron chi connectivity index (χ0n) is 5.68. The zero-order valence-corrected chi connectivity index (χ0v) is 5.68. The Morgan fingerprint density at radius 3 is 2.62 bits per heavy atom. The van der Waals surface area contributed by atoms with E-state index in [0.29, 0.717) is 0 Å². The first-order chi connectivity index (χ1) is 3.81. The van der Waals surface area contributed by atoms with E-state index in [0.717, 1.165) is 12.3 Å². The number of nitrogens with zero attached hydrogens (tertiary/aromatic N) is 2. The molecule has 0 heterocycles. The molecule has 46 valence electrons. The second-order valence-corrected chi connectivity index (χ2v) is 1.50. The third-order valence-electron chi connectivity index (χ3n) is 0.723. The first kappa shape index (κ1) is 7.34. The van der Waals surface area contributed by atoms with E-state index in [1.807, 2.05) is 13.8 Å². The van der Waals surface area contributed by atoms with Crippen LogP contribution in [0.3, 0.4) is 0 Å². The van der Waals surface area contributed by atoms with Crippen molar-refractivity contribution < 1.29 is 0 Å². The van der Waals surface area contributed by atoms with E-state index in [-0.39, 0.29) is 0 Å². The molecule has 0 aliphatic heterocycles. The number of hydrogen-bond acceptors (Lipinski definition) is 2. The summed E-state index contributed by atoms with van der Waals surface area (Å²) in [6.45, 7) is 4.79. The molecule has 0 aromatic heterocycles.